The number of oxime groups is 1. The van der Waals surface area contributed by atoms with Crippen LogP contribution in [-0.4, -0.2) is 39.9 Å². The Morgan fingerprint density at radius 2 is 2.00 bits per heavy atom. The maximum Gasteiger partial charge on any atom is 0.354 e. The quantitative estimate of drug-likeness (QED) is 0.651. The molecule has 0 aromatic heterocycles. The SMILES string of the molecule is C[C@H]1CCC2C(OC(=O)C23CC(c2ccccc2Br)=NO3)[C@]2(C)C(=O)C=C[C@@]12O. The first-order valence-corrected chi connectivity index (χ1v) is 10.7. The minimum atomic E-state index is -1.35. The second-order valence-electron chi connectivity index (χ2n) is 8.81. The zero-order valence-corrected chi connectivity index (χ0v) is 17.8. The molecule has 7 heteroatoms. The fourth-order valence-corrected chi connectivity index (χ4v) is 6.15. The van der Waals surface area contributed by atoms with Gasteiger partial charge in [0.1, 0.15) is 17.1 Å². The first kappa shape index (κ1) is 19.0. The van der Waals surface area contributed by atoms with Gasteiger partial charge in [0.15, 0.2) is 5.78 Å². The van der Waals surface area contributed by atoms with Gasteiger partial charge < -0.3 is 14.7 Å². The van der Waals surface area contributed by atoms with E-state index in [1.807, 2.05) is 31.2 Å². The molecule has 29 heavy (non-hydrogen) atoms. The molecule has 0 amide bonds. The van der Waals surface area contributed by atoms with Gasteiger partial charge in [0.2, 0.25) is 5.60 Å². The lowest BCUT2D eigenvalue weighted by atomic mass is 9.63. The number of hydrogen-bond acceptors (Lipinski definition) is 6. The number of hydrogen-bond donors (Lipinski definition) is 1. The van der Waals surface area contributed by atoms with Crippen LogP contribution in [0.1, 0.15) is 38.7 Å². The Balaban J connectivity index is 1.55. The highest BCUT2D eigenvalue weighted by molar-refractivity contribution is 9.10. The van der Waals surface area contributed by atoms with Crippen molar-refractivity contribution in [3.63, 3.8) is 0 Å². The van der Waals surface area contributed by atoms with Crippen LogP contribution in [0.4, 0.5) is 0 Å². The molecule has 2 heterocycles. The van der Waals surface area contributed by atoms with Gasteiger partial charge in [-0.1, -0.05) is 46.2 Å². The highest BCUT2D eigenvalue weighted by atomic mass is 79.9. The molecule has 3 unspecified atom stereocenters. The Labute approximate surface area is 177 Å². The van der Waals surface area contributed by atoms with Crippen molar-refractivity contribution in [3.8, 4) is 0 Å². The number of aliphatic hydroxyl groups is 1. The van der Waals surface area contributed by atoms with Crippen LogP contribution in [0.5, 0.6) is 0 Å². The summed E-state index contributed by atoms with van der Waals surface area (Å²) in [7, 11) is 0. The summed E-state index contributed by atoms with van der Waals surface area (Å²) in [5.74, 6) is -1.24. The molecule has 1 spiro atoms. The van der Waals surface area contributed by atoms with E-state index < -0.39 is 28.7 Å². The van der Waals surface area contributed by atoms with E-state index in [9.17, 15) is 14.7 Å². The van der Waals surface area contributed by atoms with Crippen molar-refractivity contribution in [3.05, 3.63) is 46.5 Å². The van der Waals surface area contributed by atoms with Crippen molar-refractivity contribution >= 4 is 33.4 Å². The molecule has 0 bridgehead atoms. The van der Waals surface area contributed by atoms with Gasteiger partial charge in [0, 0.05) is 16.5 Å². The van der Waals surface area contributed by atoms with E-state index in [0.717, 1.165) is 10.0 Å². The van der Waals surface area contributed by atoms with Crippen LogP contribution >= 0.6 is 15.9 Å². The second-order valence-corrected chi connectivity index (χ2v) is 9.67. The van der Waals surface area contributed by atoms with E-state index >= 15 is 0 Å². The van der Waals surface area contributed by atoms with Crippen LogP contribution in [0.25, 0.3) is 0 Å². The predicted octanol–water partition coefficient (Wildman–Crippen LogP) is 3.16. The van der Waals surface area contributed by atoms with Gasteiger partial charge in [-0.15, -0.1) is 0 Å². The molecular weight excluding hydrogens is 438 g/mol. The molecule has 5 rings (SSSR count). The van der Waals surface area contributed by atoms with Crippen molar-refractivity contribution in [2.45, 2.75) is 50.4 Å². The van der Waals surface area contributed by atoms with E-state index in [4.69, 9.17) is 9.57 Å². The number of benzene rings is 1. The average molecular weight is 460 g/mol. The van der Waals surface area contributed by atoms with Gasteiger partial charge in [-0.25, -0.2) is 4.79 Å². The highest BCUT2D eigenvalue weighted by Crippen LogP contribution is 2.59. The minimum absolute atomic E-state index is 0.151. The van der Waals surface area contributed by atoms with Crippen molar-refractivity contribution < 1.29 is 24.3 Å². The van der Waals surface area contributed by atoms with Crippen LogP contribution in [-0.2, 0) is 19.2 Å². The summed E-state index contributed by atoms with van der Waals surface area (Å²) in [5.41, 5.74) is -2.30. The number of rotatable bonds is 1. The summed E-state index contributed by atoms with van der Waals surface area (Å²) in [6.07, 6.45) is 3.78. The predicted molar refractivity (Wildman–Crippen MR) is 108 cm³/mol. The average Bonchev–Trinajstić information content (AvgIpc) is 3.31. The Hall–Kier alpha value is -1.99. The van der Waals surface area contributed by atoms with Gasteiger partial charge in [-0.3, -0.25) is 4.79 Å². The van der Waals surface area contributed by atoms with Crippen LogP contribution in [0.2, 0.25) is 0 Å². The first-order chi connectivity index (χ1) is 13.7. The van der Waals surface area contributed by atoms with Gasteiger partial charge >= 0.3 is 5.97 Å². The number of esters is 1. The van der Waals surface area contributed by atoms with Crippen LogP contribution in [0, 0.1) is 17.3 Å². The molecule has 1 aromatic carbocycles. The summed E-state index contributed by atoms with van der Waals surface area (Å²) in [5, 5.41) is 15.7. The fraction of sp³-hybridized carbons (Fsp3) is 0.500. The van der Waals surface area contributed by atoms with Crippen molar-refractivity contribution in [1.82, 2.24) is 0 Å². The minimum Gasteiger partial charge on any atom is -0.458 e. The summed E-state index contributed by atoms with van der Waals surface area (Å²) in [4.78, 5) is 31.9. The molecule has 6 nitrogen and oxygen atoms in total. The maximum atomic E-state index is 13.1. The van der Waals surface area contributed by atoms with E-state index in [1.54, 1.807) is 13.0 Å². The van der Waals surface area contributed by atoms with Gasteiger partial charge in [-0.05, 0) is 43.9 Å². The molecule has 1 saturated carbocycles. The molecule has 1 saturated heterocycles. The van der Waals surface area contributed by atoms with E-state index in [2.05, 4.69) is 21.1 Å². The number of halogens is 1. The van der Waals surface area contributed by atoms with E-state index in [0.29, 0.717) is 18.6 Å². The first-order valence-electron chi connectivity index (χ1n) is 9.91. The molecule has 152 valence electrons. The molecule has 0 radical (unpaired) electrons. The molecule has 2 fully saturated rings. The number of carbonyl (C=O) groups is 2. The summed E-state index contributed by atoms with van der Waals surface area (Å²) in [6, 6.07) is 7.64. The molecule has 4 aliphatic rings. The third-order valence-corrected chi connectivity index (χ3v) is 8.23. The fourth-order valence-electron chi connectivity index (χ4n) is 5.64. The van der Waals surface area contributed by atoms with Crippen LogP contribution in [0.15, 0.2) is 46.0 Å². The monoisotopic (exact) mass is 459 g/mol. The smallest absolute Gasteiger partial charge is 0.354 e. The van der Waals surface area contributed by atoms with Gasteiger partial charge in [-0.2, -0.15) is 0 Å². The lowest BCUT2D eigenvalue weighted by Crippen LogP contribution is -2.57. The number of ether oxygens (including phenoxy) is 1. The Bertz CT molecular complexity index is 989. The highest BCUT2D eigenvalue weighted by Gasteiger charge is 2.73. The zero-order valence-electron chi connectivity index (χ0n) is 16.2. The second kappa shape index (κ2) is 6.01. The summed E-state index contributed by atoms with van der Waals surface area (Å²) >= 11 is 3.53. The normalized spacial score (nSPS) is 42.9. The standard InChI is InChI=1S/C22H22BrNO5/c1-12-7-8-14-18(20(2)17(25)9-10-22(12,20)27)28-19(26)21(14)11-16(24-29-21)13-5-3-4-6-15(13)23/h3-6,9-10,12,14,18,27H,7-8,11H2,1-2H3/t12-,14?,18?,20-,21?,22+/m0/s1. The number of nitrogens with zero attached hydrogens (tertiary/aromatic N) is 1. The zero-order chi connectivity index (χ0) is 20.6. The molecular formula is C22H22BrNO5. The molecule has 1 N–H and O–H groups in total. The Morgan fingerprint density at radius 3 is 2.76 bits per heavy atom. The third kappa shape index (κ3) is 2.23. The Morgan fingerprint density at radius 1 is 1.24 bits per heavy atom. The molecule has 2 aliphatic heterocycles. The molecule has 1 aromatic rings. The Kier molecular flexibility index (Phi) is 3.94. The van der Waals surface area contributed by atoms with Crippen LogP contribution < -0.4 is 0 Å². The topological polar surface area (TPSA) is 85.2 Å². The van der Waals surface area contributed by atoms with E-state index in [1.165, 1.54) is 6.08 Å². The number of fused-ring (bicyclic) bond motifs is 4. The largest absolute Gasteiger partial charge is 0.458 e. The van der Waals surface area contributed by atoms with Crippen molar-refractivity contribution in [2.24, 2.45) is 22.4 Å². The van der Waals surface area contributed by atoms with Crippen molar-refractivity contribution in [2.75, 3.05) is 0 Å². The lowest BCUT2D eigenvalue weighted by molar-refractivity contribution is -0.169. The molecule has 2 aliphatic carbocycles. The maximum absolute atomic E-state index is 13.1. The lowest BCUT2D eigenvalue weighted by Gasteiger charge is -2.43. The van der Waals surface area contributed by atoms with Crippen molar-refractivity contribution in [1.29, 1.82) is 0 Å². The van der Waals surface area contributed by atoms with E-state index in [-0.39, 0.29) is 24.0 Å². The summed E-state index contributed by atoms with van der Waals surface area (Å²) in [6.45, 7) is 3.65. The summed E-state index contributed by atoms with van der Waals surface area (Å²) < 4.78 is 6.70. The number of ketones is 1. The van der Waals surface area contributed by atoms with Gasteiger partial charge in [0.05, 0.1) is 11.6 Å². The third-order valence-electron chi connectivity index (χ3n) is 7.54. The van der Waals surface area contributed by atoms with Gasteiger partial charge in [0.25, 0.3) is 0 Å². The van der Waals surface area contributed by atoms with Crippen LogP contribution in [0.3, 0.4) is 0 Å². The number of carbonyl (C=O) groups excluding carboxylic acids is 2. The number of allylic oxidation sites excluding steroid dienone is 1. The molecule has 6 atom stereocenters.